The second kappa shape index (κ2) is 7.14. The average Bonchev–Trinajstić information content (AvgIpc) is 2.56. The first kappa shape index (κ1) is 16.0. The Balaban J connectivity index is 1.86. The molecule has 0 radical (unpaired) electrons. The lowest BCUT2D eigenvalue weighted by molar-refractivity contribution is 0.922. The molecule has 0 nitrogen and oxygen atoms in total. The van der Waals surface area contributed by atoms with E-state index in [9.17, 15) is 0 Å². The maximum atomic E-state index is 3.53. The summed E-state index contributed by atoms with van der Waals surface area (Å²) in [7, 11) is 0. The molecule has 3 aromatic rings. The second-order valence-electron chi connectivity index (χ2n) is 5.98. The van der Waals surface area contributed by atoms with Gasteiger partial charge in [0.15, 0.2) is 0 Å². The summed E-state index contributed by atoms with van der Waals surface area (Å²) in [5, 5.41) is 0. The summed E-state index contributed by atoms with van der Waals surface area (Å²) in [5.74, 6) is 0. The van der Waals surface area contributed by atoms with E-state index < -0.39 is 0 Å². The van der Waals surface area contributed by atoms with E-state index in [1.165, 1.54) is 39.8 Å². The van der Waals surface area contributed by atoms with E-state index >= 15 is 0 Å². The van der Waals surface area contributed by atoms with Crippen LogP contribution in [0.2, 0.25) is 0 Å². The molecule has 3 rings (SSSR count). The van der Waals surface area contributed by atoms with Gasteiger partial charge in [0.25, 0.3) is 0 Å². The molecule has 0 saturated carbocycles. The highest BCUT2D eigenvalue weighted by molar-refractivity contribution is 9.10. The van der Waals surface area contributed by atoms with Gasteiger partial charge in [-0.3, -0.25) is 0 Å². The van der Waals surface area contributed by atoms with E-state index in [1.807, 2.05) is 0 Å². The van der Waals surface area contributed by atoms with Crippen LogP contribution in [0.1, 0.15) is 24.5 Å². The Labute approximate surface area is 147 Å². The summed E-state index contributed by atoms with van der Waals surface area (Å²) in [6.07, 6.45) is 2.35. The van der Waals surface area contributed by atoms with Crippen LogP contribution in [-0.4, -0.2) is 0 Å². The quantitative estimate of drug-likeness (QED) is 0.465. The minimum absolute atomic E-state index is 1.13. The summed E-state index contributed by atoms with van der Waals surface area (Å²) in [4.78, 5) is 0. The predicted octanol–water partition coefficient (Wildman–Crippen LogP) is 7.04. The first-order valence-corrected chi connectivity index (χ1v) is 8.92. The van der Waals surface area contributed by atoms with Gasteiger partial charge < -0.3 is 0 Å². The van der Waals surface area contributed by atoms with E-state index in [4.69, 9.17) is 0 Å². The van der Waals surface area contributed by atoms with Gasteiger partial charge in [-0.25, -0.2) is 0 Å². The number of rotatable bonds is 4. The zero-order chi connectivity index (χ0) is 16.2. The molecule has 116 valence electrons. The fraction of sp³-hybridized carbons (Fsp3) is 0.182. The Hall–Kier alpha value is -1.86. The molecule has 0 heterocycles. The van der Waals surface area contributed by atoms with Crippen molar-refractivity contribution in [2.24, 2.45) is 0 Å². The Bertz CT molecular complexity index is 783. The van der Waals surface area contributed by atoms with E-state index in [1.54, 1.807) is 0 Å². The van der Waals surface area contributed by atoms with Gasteiger partial charge in [0.2, 0.25) is 0 Å². The normalized spacial score (nSPS) is 10.7. The first-order chi connectivity index (χ1) is 11.2. The van der Waals surface area contributed by atoms with Crippen LogP contribution in [0, 0.1) is 6.92 Å². The predicted molar refractivity (Wildman–Crippen MR) is 104 cm³/mol. The lowest BCUT2D eigenvalue weighted by atomic mass is 9.97. The summed E-state index contributed by atoms with van der Waals surface area (Å²) in [6.45, 7) is 4.37. The zero-order valence-electron chi connectivity index (χ0n) is 13.6. The standard InChI is InChI=1S/C22H21Br/c1-3-4-17-5-7-18(8-6-17)19-9-11-20(12-10-19)22-14-13-21(23)15-16(22)2/h5-15H,3-4H2,1-2H3. The van der Waals surface area contributed by atoms with Crippen molar-refractivity contribution in [2.45, 2.75) is 26.7 Å². The molecule has 0 aliphatic heterocycles. The monoisotopic (exact) mass is 364 g/mol. The summed E-state index contributed by atoms with van der Waals surface area (Å²) >= 11 is 3.53. The van der Waals surface area contributed by atoms with E-state index in [0.29, 0.717) is 0 Å². The minimum atomic E-state index is 1.13. The molecule has 0 spiro atoms. The molecule has 1 heteroatoms. The Morgan fingerprint density at radius 3 is 1.87 bits per heavy atom. The van der Waals surface area contributed by atoms with E-state index in [2.05, 4.69) is 96.5 Å². The van der Waals surface area contributed by atoms with Gasteiger partial charge in [0.1, 0.15) is 0 Å². The largest absolute Gasteiger partial charge is 0.0651 e. The molecule has 0 atom stereocenters. The summed E-state index contributed by atoms with van der Waals surface area (Å²) in [5.41, 5.74) is 7.81. The number of hydrogen-bond donors (Lipinski definition) is 0. The highest BCUT2D eigenvalue weighted by Crippen LogP contribution is 2.28. The van der Waals surface area contributed by atoms with Gasteiger partial charge in [-0.05, 0) is 58.9 Å². The molecule has 0 saturated heterocycles. The van der Waals surface area contributed by atoms with Crippen molar-refractivity contribution < 1.29 is 0 Å². The third kappa shape index (κ3) is 3.73. The molecule has 0 unspecified atom stereocenters. The molecule has 0 amide bonds. The van der Waals surface area contributed by atoms with Gasteiger partial charge in [-0.2, -0.15) is 0 Å². The lowest BCUT2D eigenvalue weighted by Crippen LogP contribution is -1.85. The van der Waals surface area contributed by atoms with Gasteiger partial charge in [0, 0.05) is 4.47 Å². The summed E-state index contributed by atoms with van der Waals surface area (Å²) in [6, 6.07) is 24.2. The van der Waals surface area contributed by atoms with Crippen LogP contribution in [0.15, 0.2) is 71.2 Å². The lowest BCUT2D eigenvalue weighted by Gasteiger charge is -2.09. The van der Waals surface area contributed by atoms with Crippen molar-refractivity contribution in [3.8, 4) is 22.3 Å². The first-order valence-electron chi connectivity index (χ1n) is 8.13. The molecule has 0 N–H and O–H groups in total. The average molecular weight is 365 g/mol. The van der Waals surface area contributed by atoms with Gasteiger partial charge in [0.05, 0.1) is 0 Å². The molecule has 0 aliphatic carbocycles. The molecule has 3 aromatic carbocycles. The molecule has 0 bridgehead atoms. The third-order valence-electron chi connectivity index (χ3n) is 4.21. The van der Waals surface area contributed by atoms with Crippen LogP contribution in [0.5, 0.6) is 0 Å². The second-order valence-corrected chi connectivity index (χ2v) is 6.90. The highest BCUT2D eigenvalue weighted by Gasteiger charge is 2.04. The van der Waals surface area contributed by atoms with E-state index in [-0.39, 0.29) is 0 Å². The maximum absolute atomic E-state index is 3.53. The molecular weight excluding hydrogens is 344 g/mol. The van der Waals surface area contributed by atoms with Gasteiger partial charge in [-0.15, -0.1) is 0 Å². The summed E-state index contributed by atoms with van der Waals surface area (Å²) < 4.78 is 1.13. The van der Waals surface area contributed by atoms with Crippen molar-refractivity contribution in [2.75, 3.05) is 0 Å². The number of halogens is 1. The van der Waals surface area contributed by atoms with Crippen molar-refractivity contribution in [3.05, 3.63) is 82.3 Å². The number of benzene rings is 3. The third-order valence-corrected chi connectivity index (χ3v) is 4.70. The van der Waals surface area contributed by atoms with Crippen molar-refractivity contribution in [3.63, 3.8) is 0 Å². The zero-order valence-corrected chi connectivity index (χ0v) is 15.2. The van der Waals surface area contributed by atoms with Crippen molar-refractivity contribution in [1.82, 2.24) is 0 Å². The SMILES string of the molecule is CCCc1ccc(-c2ccc(-c3ccc(Br)cc3C)cc2)cc1. The molecule has 0 fully saturated rings. The number of aryl methyl sites for hydroxylation is 2. The fourth-order valence-electron chi connectivity index (χ4n) is 2.95. The fourth-order valence-corrected chi connectivity index (χ4v) is 3.42. The Kier molecular flexibility index (Phi) is 4.97. The van der Waals surface area contributed by atoms with Gasteiger partial charge >= 0.3 is 0 Å². The van der Waals surface area contributed by atoms with Crippen molar-refractivity contribution >= 4 is 15.9 Å². The van der Waals surface area contributed by atoms with Crippen LogP contribution in [0.4, 0.5) is 0 Å². The highest BCUT2D eigenvalue weighted by atomic mass is 79.9. The minimum Gasteiger partial charge on any atom is -0.0651 e. The van der Waals surface area contributed by atoms with Crippen LogP contribution >= 0.6 is 15.9 Å². The van der Waals surface area contributed by atoms with Crippen LogP contribution in [-0.2, 0) is 6.42 Å². The number of hydrogen-bond acceptors (Lipinski definition) is 0. The van der Waals surface area contributed by atoms with E-state index in [0.717, 1.165) is 10.9 Å². The van der Waals surface area contributed by atoms with Crippen molar-refractivity contribution in [1.29, 1.82) is 0 Å². The van der Waals surface area contributed by atoms with Gasteiger partial charge in [-0.1, -0.05) is 83.9 Å². The molecular formula is C22H21Br. The molecule has 0 aromatic heterocycles. The topological polar surface area (TPSA) is 0 Å². The van der Waals surface area contributed by atoms with Crippen LogP contribution in [0.3, 0.4) is 0 Å². The maximum Gasteiger partial charge on any atom is 0.0178 e. The molecule has 0 aliphatic rings. The smallest absolute Gasteiger partial charge is 0.0178 e. The Morgan fingerprint density at radius 1 is 0.739 bits per heavy atom. The van der Waals surface area contributed by atoms with Crippen LogP contribution in [0.25, 0.3) is 22.3 Å². The Morgan fingerprint density at radius 2 is 1.30 bits per heavy atom. The van der Waals surface area contributed by atoms with Crippen LogP contribution < -0.4 is 0 Å². The molecule has 23 heavy (non-hydrogen) atoms.